The number of carbonyl (C=O) groups is 2. The fourth-order valence-corrected chi connectivity index (χ4v) is 5.82. The van der Waals surface area contributed by atoms with E-state index in [1.807, 2.05) is 25.2 Å². The summed E-state index contributed by atoms with van der Waals surface area (Å²) in [6.45, 7) is 2.20. The van der Waals surface area contributed by atoms with Crippen LogP contribution in [0.3, 0.4) is 0 Å². The maximum atomic E-state index is 13.5. The third kappa shape index (κ3) is 2.05. The first kappa shape index (κ1) is 16.8. The predicted octanol–water partition coefficient (Wildman–Crippen LogP) is 1.78. The van der Waals surface area contributed by atoms with Gasteiger partial charge in [0.25, 0.3) is 0 Å². The second kappa shape index (κ2) is 5.58. The van der Waals surface area contributed by atoms with E-state index >= 15 is 0 Å². The van der Waals surface area contributed by atoms with E-state index in [2.05, 4.69) is 5.32 Å². The van der Waals surface area contributed by atoms with Crippen LogP contribution in [0, 0.1) is 11.8 Å². The highest BCUT2D eigenvalue weighted by atomic mass is 16.5. The van der Waals surface area contributed by atoms with Crippen LogP contribution in [0.4, 0.5) is 5.69 Å². The first-order valence-electron chi connectivity index (χ1n) is 9.52. The molecule has 0 saturated carbocycles. The molecule has 4 heterocycles. The molecule has 2 saturated heterocycles. The number of piperidine rings is 1. The number of ether oxygens (including phenoxy) is 2. The van der Waals surface area contributed by atoms with E-state index in [9.17, 15) is 9.59 Å². The molecule has 1 N–H and O–H groups in total. The summed E-state index contributed by atoms with van der Waals surface area (Å²) in [6, 6.07) is 6.12. The number of rotatable bonds is 2. The van der Waals surface area contributed by atoms with Crippen LogP contribution in [0.2, 0.25) is 0 Å². The van der Waals surface area contributed by atoms with Gasteiger partial charge in [0.2, 0.25) is 5.91 Å². The second-order valence-electron chi connectivity index (χ2n) is 8.22. The SMILES string of the molecule is COc1ccc2c(c1)N(C)C(=O)[C@@]21C[C@@H]2N[C@H]1C[C@@H]1C(C(C)=O)=COC[C@H]21. The van der Waals surface area contributed by atoms with Crippen molar-refractivity contribution in [2.75, 3.05) is 25.7 Å². The molecular weight excluding hydrogens is 344 g/mol. The molecule has 1 aromatic carbocycles. The van der Waals surface area contributed by atoms with Gasteiger partial charge < -0.3 is 19.7 Å². The van der Waals surface area contributed by atoms with Gasteiger partial charge in [-0.3, -0.25) is 9.59 Å². The minimum atomic E-state index is -0.569. The van der Waals surface area contributed by atoms with Crippen LogP contribution in [0.25, 0.3) is 0 Å². The Kier molecular flexibility index (Phi) is 3.47. The van der Waals surface area contributed by atoms with E-state index in [1.165, 1.54) is 0 Å². The molecule has 4 aliphatic heterocycles. The lowest BCUT2D eigenvalue weighted by Crippen LogP contribution is -2.53. The van der Waals surface area contributed by atoms with Gasteiger partial charge in [0.1, 0.15) is 5.75 Å². The highest BCUT2D eigenvalue weighted by molar-refractivity contribution is 6.09. The number of allylic oxidation sites excluding steroid dienone is 1. The minimum Gasteiger partial charge on any atom is -0.500 e. The molecule has 1 amide bonds. The molecule has 0 aliphatic carbocycles. The number of methoxy groups -OCH3 is 1. The third-order valence-corrected chi connectivity index (χ3v) is 7.11. The number of anilines is 1. The number of hydrogen-bond donors (Lipinski definition) is 1. The fourth-order valence-electron chi connectivity index (χ4n) is 5.82. The van der Waals surface area contributed by atoms with Gasteiger partial charge in [0.05, 0.1) is 31.1 Å². The van der Waals surface area contributed by atoms with E-state index in [0.717, 1.165) is 35.4 Å². The quantitative estimate of drug-likeness (QED) is 0.862. The predicted molar refractivity (Wildman–Crippen MR) is 99.7 cm³/mol. The van der Waals surface area contributed by atoms with Gasteiger partial charge in [-0.2, -0.15) is 0 Å². The molecule has 0 radical (unpaired) electrons. The Morgan fingerprint density at radius 3 is 2.96 bits per heavy atom. The van der Waals surface area contributed by atoms with Crippen LogP contribution in [-0.4, -0.2) is 44.5 Å². The van der Waals surface area contributed by atoms with Crippen molar-refractivity contribution < 1.29 is 19.1 Å². The molecule has 0 unspecified atom stereocenters. The number of fused-ring (bicyclic) bond motifs is 7. The van der Waals surface area contributed by atoms with Gasteiger partial charge in [0.15, 0.2) is 5.78 Å². The van der Waals surface area contributed by atoms with Crippen molar-refractivity contribution >= 4 is 17.4 Å². The summed E-state index contributed by atoms with van der Waals surface area (Å²) in [7, 11) is 3.48. The standard InChI is InChI=1S/C21H24N2O4/c1-11(24)14-9-27-10-15-13(14)7-19-21(8-17(15)22-19)16-5-4-12(26-3)6-18(16)23(2)20(21)25/h4-6,9,13,15,17,19,22H,7-8,10H2,1-3H3/t13-,15+,17+,19+,21+/m1/s1. The molecule has 4 aliphatic rings. The lowest BCUT2D eigenvalue weighted by molar-refractivity contribution is -0.123. The largest absolute Gasteiger partial charge is 0.500 e. The van der Waals surface area contributed by atoms with Gasteiger partial charge in [-0.25, -0.2) is 0 Å². The summed E-state index contributed by atoms with van der Waals surface area (Å²) >= 11 is 0. The summed E-state index contributed by atoms with van der Waals surface area (Å²) in [5.74, 6) is 1.35. The number of ketones is 1. The van der Waals surface area contributed by atoms with Crippen LogP contribution in [0.15, 0.2) is 30.0 Å². The number of likely N-dealkylation sites (N-methyl/N-ethyl adjacent to an activating group) is 1. The Bertz CT molecular complexity index is 879. The molecule has 27 heavy (non-hydrogen) atoms. The molecule has 5 atom stereocenters. The van der Waals surface area contributed by atoms with Crippen LogP contribution in [0.1, 0.15) is 25.3 Å². The molecule has 5 rings (SSSR count). The minimum absolute atomic E-state index is 0.0224. The number of nitrogens with zero attached hydrogens (tertiary/aromatic N) is 1. The van der Waals surface area contributed by atoms with Crippen molar-refractivity contribution in [3.8, 4) is 5.75 Å². The fraction of sp³-hybridized carbons (Fsp3) is 0.524. The zero-order chi connectivity index (χ0) is 18.9. The molecular formula is C21H24N2O4. The van der Waals surface area contributed by atoms with Crippen LogP contribution >= 0.6 is 0 Å². The van der Waals surface area contributed by atoms with E-state index in [4.69, 9.17) is 9.47 Å². The summed E-state index contributed by atoms with van der Waals surface area (Å²) in [5, 5.41) is 3.70. The van der Waals surface area contributed by atoms with Gasteiger partial charge in [-0.05, 0) is 37.3 Å². The molecule has 2 bridgehead atoms. The van der Waals surface area contributed by atoms with E-state index in [0.29, 0.717) is 6.61 Å². The van der Waals surface area contributed by atoms with Gasteiger partial charge in [-0.15, -0.1) is 0 Å². The zero-order valence-corrected chi connectivity index (χ0v) is 15.8. The average Bonchev–Trinajstić information content (AvgIpc) is 3.09. The Morgan fingerprint density at radius 2 is 2.22 bits per heavy atom. The van der Waals surface area contributed by atoms with Crippen LogP contribution < -0.4 is 15.0 Å². The summed E-state index contributed by atoms with van der Waals surface area (Å²) in [5.41, 5.74) is 2.20. The Morgan fingerprint density at radius 1 is 1.41 bits per heavy atom. The highest BCUT2D eigenvalue weighted by Crippen LogP contribution is 2.56. The average molecular weight is 368 g/mol. The Hall–Kier alpha value is -2.34. The topological polar surface area (TPSA) is 67.9 Å². The monoisotopic (exact) mass is 368 g/mol. The Balaban J connectivity index is 1.60. The van der Waals surface area contributed by atoms with Crippen molar-refractivity contribution in [2.45, 2.75) is 37.3 Å². The molecule has 2 fully saturated rings. The van der Waals surface area contributed by atoms with Crippen molar-refractivity contribution in [3.05, 3.63) is 35.6 Å². The first-order valence-corrected chi connectivity index (χ1v) is 9.52. The number of Topliss-reactive ketones (excluding diaryl/α,β-unsaturated/α-hetero) is 1. The lowest BCUT2D eigenvalue weighted by atomic mass is 9.72. The van der Waals surface area contributed by atoms with Crippen molar-refractivity contribution in [1.29, 1.82) is 0 Å². The van der Waals surface area contributed by atoms with Crippen LogP contribution in [-0.2, 0) is 19.7 Å². The van der Waals surface area contributed by atoms with Crippen molar-refractivity contribution in [3.63, 3.8) is 0 Å². The Labute approximate surface area is 158 Å². The number of benzene rings is 1. The molecule has 1 spiro atoms. The number of carbonyl (C=O) groups excluding carboxylic acids is 2. The smallest absolute Gasteiger partial charge is 0.239 e. The molecule has 6 nitrogen and oxygen atoms in total. The van der Waals surface area contributed by atoms with Crippen molar-refractivity contribution in [2.24, 2.45) is 11.8 Å². The van der Waals surface area contributed by atoms with E-state index in [-0.39, 0.29) is 35.6 Å². The molecule has 142 valence electrons. The van der Waals surface area contributed by atoms with E-state index in [1.54, 1.807) is 25.2 Å². The van der Waals surface area contributed by atoms with Gasteiger partial charge in [-0.1, -0.05) is 6.07 Å². The van der Waals surface area contributed by atoms with Gasteiger partial charge in [0, 0.05) is 36.7 Å². The summed E-state index contributed by atoms with van der Waals surface area (Å²) < 4.78 is 11.0. The number of amides is 1. The normalized spacial score (nSPS) is 36.2. The van der Waals surface area contributed by atoms with Crippen LogP contribution in [0.5, 0.6) is 5.75 Å². The first-order chi connectivity index (χ1) is 13.0. The number of nitrogens with one attached hydrogen (secondary N) is 1. The zero-order valence-electron chi connectivity index (χ0n) is 15.8. The lowest BCUT2D eigenvalue weighted by Gasteiger charge is -2.41. The maximum absolute atomic E-state index is 13.5. The molecule has 0 aromatic heterocycles. The molecule has 1 aromatic rings. The highest BCUT2D eigenvalue weighted by Gasteiger charge is 2.64. The summed E-state index contributed by atoms with van der Waals surface area (Å²) in [6.07, 6.45) is 3.17. The van der Waals surface area contributed by atoms with Gasteiger partial charge >= 0.3 is 0 Å². The van der Waals surface area contributed by atoms with E-state index < -0.39 is 5.41 Å². The molecule has 6 heteroatoms. The maximum Gasteiger partial charge on any atom is 0.239 e. The number of hydrogen-bond acceptors (Lipinski definition) is 5. The second-order valence-corrected chi connectivity index (χ2v) is 8.22. The third-order valence-electron chi connectivity index (χ3n) is 7.11. The van der Waals surface area contributed by atoms with Crippen molar-refractivity contribution in [1.82, 2.24) is 5.32 Å². The summed E-state index contributed by atoms with van der Waals surface area (Å²) in [4.78, 5) is 27.4.